The molecule has 8 nitrogen and oxygen atoms in total. The lowest BCUT2D eigenvalue weighted by Crippen LogP contribution is -2.60. The molecule has 1 aromatic rings. The van der Waals surface area contributed by atoms with Gasteiger partial charge in [-0.15, -0.1) is 11.3 Å². The highest BCUT2D eigenvalue weighted by molar-refractivity contribution is 7.14. The molecule has 4 aliphatic rings. The lowest BCUT2D eigenvalue weighted by Gasteiger charge is -2.58. The molecule has 4 fully saturated rings. The van der Waals surface area contributed by atoms with E-state index in [1.54, 1.807) is 0 Å². The van der Waals surface area contributed by atoms with Crippen molar-refractivity contribution in [3.63, 3.8) is 0 Å². The van der Waals surface area contributed by atoms with Gasteiger partial charge in [-0.05, 0) is 56.3 Å². The average Bonchev–Trinajstić information content (AvgIpc) is 3.30. The van der Waals surface area contributed by atoms with E-state index in [0.717, 1.165) is 43.5 Å². The number of carbonyl (C=O) groups is 3. The van der Waals surface area contributed by atoms with Crippen LogP contribution in [0.15, 0.2) is 0 Å². The molecule has 5 rings (SSSR count). The molecule has 0 radical (unpaired) electrons. The van der Waals surface area contributed by atoms with Crippen molar-refractivity contribution in [3.8, 4) is 5.88 Å². The van der Waals surface area contributed by atoms with Crippen LogP contribution in [0.1, 0.15) is 79.4 Å². The maximum Gasteiger partial charge on any atom is 0.325 e. The summed E-state index contributed by atoms with van der Waals surface area (Å²) >= 11 is 1.36. The number of primary amides is 1. The molecule has 1 unspecified atom stereocenters. The number of thiazole rings is 1. The van der Waals surface area contributed by atoms with Gasteiger partial charge in [0.25, 0.3) is 11.8 Å². The fraction of sp³-hybridized carbons (Fsp3) is 0.714. The monoisotopic (exact) mass is 432 g/mol. The van der Waals surface area contributed by atoms with Crippen molar-refractivity contribution in [1.29, 1.82) is 0 Å². The fourth-order valence-corrected chi connectivity index (χ4v) is 6.21. The third-order valence-electron chi connectivity index (χ3n) is 6.82. The summed E-state index contributed by atoms with van der Waals surface area (Å²) in [6.45, 7) is 4.10. The predicted molar refractivity (Wildman–Crippen MR) is 110 cm³/mol. The van der Waals surface area contributed by atoms with Crippen LogP contribution in [0.3, 0.4) is 0 Å². The number of aromatic nitrogens is 1. The standard InChI is InChI=1S/C21H28N4O4S/c1-10(2)5-14-19(27)25(20(28)23-14)12-6-21(7-12)8-13(9-21)29-17-15(16(22)26)30-18(24-17)11-3-4-11/h10-14H,3-9H2,1-2H3,(H2,22,26)(H,23,28)/t12-,13-,14?,21?. The molecule has 2 heterocycles. The van der Waals surface area contributed by atoms with E-state index >= 15 is 0 Å². The van der Waals surface area contributed by atoms with Gasteiger partial charge in [0.15, 0.2) is 4.88 Å². The van der Waals surface area contributed by atoms with Crippen LogP contribution in [0, 0.1) is 11.3 Å². The number of amides is 4. The first-order valence-electron chi connectivity index (χ1n) is 10.9. The van der Waals surface area contributed by atoms with Gasteiger partial charge >= 0.3 is 6.03 Å². The summed E-state index contributed by atoms with van der Waals surface area (Å²) in [5.74, 6) is 0.626. The van der Waals surface area contributed by atoms with Gasteiger partial charge in [-0.1, -0.05) is 13.8 Å². The third kappa shape index (κ3) is 3.36. The smallest absolute Gasteiger partial charge is 0.325 e. The maximum absolute atomic E-state index is 12.6. The molecule has 1 spiro atoms. The van der Waals surface area contributed by atoms with Crippen LogP contribution in [0.25, 0.3) is 0 Å². The number of nitrogens with zero attached hydrogens (tertiary/aromatic N) is 2. The van der Waals surface area contributed by atoms with Crippen LogP contribution >= 0.6 is 11.3 Å². The summed E-state index contributed by atoms with van der Waals surface area (Å²) in [7, 11) is 0. The van der Waals surface area contributed by atoms with E-state index in [4.69, 9.17) is 10.5 Å². The van der Waals surface area contributed by atoms with Gasteiger partial charge in [-0.25, -0.2) is 9.78 Å². The minimum atomic E-state index is -0.485. The molecule has 1 atom stereocenters. The second-order valence-electron chi connectivity index (χ2n) is 9.87. The molecule has 3 N–H and O–H groups in total. The topological polar surface area (TPSA) is 115 Å². The van der Waals surface area contributed by atoms with Crippen LogP contribution in [-0.2, 0) is 4.79 Å². The number of rotatable bonds is 7. The molecule has 30 heavy (non-hydrogen) atoms. The SMILES string of the molecule is CC(C)CC1NC(=O)N([C@H]2CC3(C[C@H](Oc4nc(C5CC5)sc4C(N)=O)C3)C2)C1=O. The van der Waals surface area contributed by atoms with Crippen LogP contribution in [0.4, 0.5) is 4.79 Å². The first-order chi connectivity index (χ1) is 14.2. The summed E-state index contributed by atoms with van der Waals surface area (Å²) in [5.41, 5.74) is 5.64. The molecule has 1 aromatic heterocycles. The summed E-state index contributed by atoms with van der Waals surface area (Å²) in [6.07, 6.45) is 6.28. The number of nitrogens with one attached hydrogen (secondary N) is 1. The number of urea groups is 1. The third-order valence-corrected chi connectivity index (χ3v) is 8.04. The van der Waals surface area contributed by atoms with Crippen molar-refractivity contribution in [3.05, 3.63) is 9.88 Å². The molecule has 0 bridgehead atoms. The lowest BCUT2D eigenvalue weighted by molar-refractivity contribution is -0.141. The van der Waals surface area contributed by atoms with Gasteiger partial charge in [0, 0.05) is 12.0 Å². The Balaban J connectivity index is 1.16. The van der Waals surface area contributed by atoms with E-state index in [-0.39, 0.29) is 35.5 Å². The number of hydrogen-bond acceptors (Lipinski definition) is 6. The van der Waals surface area contributed by atoms with Gasteiger partial charge in [-0.2, -0.15) is 0 Å². The normalized spacial score (nSPS) is 32.9. The summed E-state index contributed by atoms with van der Waals surface area (Å²) < 4.78 is 6.03. The highest BCUT2D eigenvalue weighted by atomic mass is 32.1. The zero-order chi connectivity index (χ0) is 21.2. The summed E-state index contributed by atoms with van der Waals surface area (Å²) in [6, 6.07) is -0.652. The van der Waals surface area contributed by atoms with Crippen LogP contribution in [0.5, 0.6) is 5.88 Å². The fourth-order valence-electron chi connectivity index (χ4n) is 5.19. The number of imide groups is 1. The Morgan fingerprint density at radius 2 is 2.00 bits per heavy atom. The van der Waals surface area contributed by atoms with E-state index in [9.17, 15) is 14.4 Å². The molecule has 162 valence electrons. The maximum atomic E-state index is 12.6. The van der Waals surface area contributed by atoms with Crippen LogP contribution < -0.4 is 15.8 Å². The average molecular weight is 433 g/mol. The summed E-state index contributed by atoms with van der Waals surface area (Å²) in [5, 5.41) is 3.78. The van der Waals surface area contributed by atoms with Crippen molar-refractivity contribution in [2.24, 2.45) is 17.1 Å². The van der Waals surface area contributed by atoms with Crippen LogP contribution in [-0.4, -0.2) is 45.9 Å². The Hall–Kier alpha value is -2.16. The molecule has 1 saturated heterocycles. The van der Waals surface area contributed by atoms with Crippen molar-refractivity contribution in [2.75, 3.05) is 0 Å². The largest absolute Gasteiger partial charge is 0.473 e. The molecule has 0 aromatic carbocycles. The number of ether oxygens (including phenoxy) is 1. The quantitative estimate of drug-likeness (QED) is 0.643. The van der Waals surface area contributed by atoms with Gasteiger partial charge < -0.3 is 15.8 Å². The van der Waals surface area contributed by atoms with Gasteiger partial charge in [0.05, 0.1) is 0 Å². The lowest BCUT2D eigenvalue weighted by atomic mass is 9.52. The Morgan fingerprint density at radius 3 is 2.60 bits per heavy atom. The molecule has 3 saturated carbocycles. The van der Waals surface area contributed by atoms with Crippen molar-refractivity contribution in [1.82, 2.24) is 15.2 Å². The highest BCUT2D eigenvalue weighted by Crippen LogP contribution is 2.58. The Labute approximate surface area is 179 Å². The molecular formula is C21H28N4O4S. The number of carbonyl (C=O) groups excluding carboxylic acids is 3. The zero-order valence-electron chi connectivity index (χ0n) is 17.3. The van der Waals surface area contributed by atoms with E-state index in [1.165, 1.54) is 16.2 Å². The minimum absolute atomic E-state index is 0.00926. The molecular weight excluding hydrogens is 404 g/mol. The minimum Gasteiger partial charge on any atom is -0.473 e. The van der Waals surface area contributed by atoms with Gasteiger partial charge in [-0.3, -0.25) is 14.5 Å². The zero-order valence-corrected chi connectivity index (χ0v) is 18.2. The Kier molecular flexibility index (Phi) is 4.57. The molecule has 3 aliphatic carbocycles. The van der Waals surface area contributed by atoms with Crippen molar-refractivity contribution < 1.29 is 19.1 Å². The first kappa shape index (κ1) is 19.8. The van der Waals surface area contributed by atoms with E-state index < -0.39 is 5.91 Å². The Bertz CT molecular complexity index is 895. The second kappa shape index (κ2) is 6.93. The van der Waals surface area contributed by atoms with E-state index in [0.29, 0.717) is 29.0 Å². The molecule has 1 aliphatic heterocycles. The summed E-state index contributed by atoms with van der Waals surface area (Å²) in [4.78, 5) is 43.1. The first-order valence-corrected chi connectivity index (χ1v) is 11.7. The number of nitrogens with two attached hydrogens (primary N) is 1. The Morgan fingerprint density at radius 1 is 1.30 bits per heavy atom. The van der Waals surface area contributed by atoms with E-state index in [1.807, 2.05) is 0 Å². The van der Waals surface area contributed by atoms with Crippen molar-refractivity contribution >= 4 is 29.2 Å². The van der Waals surface area contributed by atoms with Crippen molar-refractivity contribution in [2.45, 2.75) is 82.9 Å². The number of hydrogen-bond donors (Lipinski definition) is 2. The van der Waals surface area contributed by atoms with Gasteiger partial charge in [0.1, 0.15) is 17.2 Å². The van der Waals surface area contributed by atoms with E-state index in [2.05, 4.69) is 24.1 Å². The van der Waals surface area contributed by atoms with Crippen LogP contribution in [0.2, 0.25) is 0 Å². The highest BCUT2D eigenvalue weighted by Gasteiger charge is 2.58. The molecule has 9 heteroatoms. The molecule has 4 amide bonds. The second-order valence-corrected chi connectivity index (χ2v) is 10.9. The predicted octanol–water partition coefficient (Wildman–Crippen LogP) is 2.78. The van der Waals surface area contributed by atoms with Gasteiger partial charge in [0.2, 0.25) is 5.88 Å².